The number of pyridine rings is 1. The summed E-state index contributed by atoms with van der Waals surface area (Å²) >= 11 is 6.00. The Morgan fingerprint density at radius 1 is 0.943 bits per heavy atom. The first kappa shape index (κ1) is 25.6. The normalized spacial score (nSPS) is 14.8. The van der Waals surface area contributed by atoms with Crippen molar-refractivity contribution in [3.8, 4) is 5.75 Å². The minimum atomic E-state index is -3.79. The topological polar surface area (TPSA) is 62.7 Å². The summed E-state index contributed by atoms with van der Waals surface area (Å²) in [6.45, 7) is 4.34. The van der Waals surface area contributed by atoms with Crippen molar-refractivity contribution < 1.29 is 13.2 Å². The second-order valence-electron chi connectivity index (χ2n) is 8.80. The van der Waals surface area contributed by atoms with Crippen LogP contribution in [0.2, 0.25) is 5.02 Å². The molecule has 1 saturated heterocycles. The molecule has 1 aromatic heterocycles. The summed E-state index contributed by atoms with van der Waals surface area (Å²) in [6, 6.07) is 17.6. The van der Waals surface area contributed by atoms with Crippen molar-refractivity contribution in [3.05, 3.63) is 89.2 Å². The molecular weight excluding hydrogens is 482 g/mol. The highest BCUT2D eigenvalue weighted by Crippen LogP contribution is 2.26. The molecule has 1 fully saturated rings. The third-order valence-corrected chi connectivity index (χ3v) is 8.24. The van der Waals surface area contributed by atoms with E-state index in [1.165, 1.54) is 48.8 Å². The predicted octanol–water partition coefficient (Wildman–Crippen LogP) is 5.38. The van der Waals surface area contributed by atoms with E-state index in [9.17, 15) is 8.42 Å². The molecule has 0 radical (unpaired) electrons. The summed E-state index contributed by atoms with van der Waals surface area (Å²) in [5.74, 6) is 0.716. The quantitative estimate of drug-likeness (QED) is 0.322. The van der Waals surface area contributed by atoms with Gasteiger partial charge in [0.05, 0.1) is 11.5 Å². The molecule has 2 aromatic carbocycles. The van der Waals surface area contributed by atoms with E-state index in [0.29, 0.717) is 17.4 Å². The second kappa shape index (κ2) is 12.5. The van der Waals surface area contributed by atoms with Crippen molar-refractivity contribution in [2.45, 2.75) is 43.7 Å². The van der Waals surface area contributed by atoms with Crippen LogP contribution in [0, 0.1) is 0 Å². The van der Waals surface area contributed by atoms with Crippen molar-refractivity contribution >= 4 is 21.6 Å². The standard InChI is InChI=1S/C27H32ClN3O3S/c28-25-11-13-26(14-12-25)35(32,33)31(21-23-8-6-15-29-20-23)22-24-9-2-3-10-27(24)34-19-7-18-30-16-4-1-5-17-30/h2-3,6,8-15,20H,1,4-5,7,16-19,21-22H2. The lowest BCUT2D eigenvalue weighted by Gasteiger charge is -2.26. The fourth-order valence-corrected chi connectivity index (χ4v) is 5.83. The van der Waals surface area contributed by atoms with Gasteiger partial charge in [0.15, 0.2) is 0 Å². The lowest BCUT2D eigenvalue weighted by atomic mass is 10.1. The van der Waals surface area contributed by atoms with E-state index >= 15 is 0 Å². The van der Waals surface area contributed by atoms with Crippen molar-refractivity contribution in [1.82, 2.24) is 14.2 Å². The lowest BCUT2D eigenvalue weighted by Crippen LogP contribution is -2.31. The molecule has 6 nitrogen and oxygen atoms in total. The third-order valence-electron chi connectivity index (χ3n) is 6.18. The zero-order valence-corrected chi connectivity index (χ0v) is 21.4. The Labute approximate surface area is 213 Å². The van der Waals surface area contributed by atoms with Gasteiger partial charge < -0.3 is 9.64 Å². The molecule has 186 valence electrons. The number of hydrogen-bond donors (Lipinski definition) is 0. The number of para-hydroxylation sites is 1. The lowest BCUT2D eigenvalue weighted by molar-refractivity contribution is 0.204. The van der Waals surface area contributed by atoms with Gasteiger partial charge in [-0.3, -0.25) is 4.98 Å². The Kier molecular flexibility index (Phi) is 9.15. The summed E-state index contributed by atoms with van der Waals surface area (Å²) in [5, 5.41) is 0.492. The number of benzene rings is 2. The van der Waals surface area contributed by atoms with Crippen LogP contribution >= 0.6 is 11.6 Å². The Balaban J connectivity index is 1.50. The van der Waals surface area contributed by atoms with Crippen LogP contribution in [0.4, 0.5) is 0 Å². The summed E-state index contributed by atoms with van der Waals surface area (Å²) < 4.78 is 34.8. The average molecular weight is 514 g/mol. The molecule has 0 unspecified atom stereocenters. The average Bonchev–Trinajstić information content (AvgIpc) is 2.88. The van der Waals surface area contributed by atoms with E-state index in [1.54, 1.807) is 24.5 Å². The largest absolute Gasteiger partial charge is 0.493 e. The maximum atomic E-state index is 13.6. The SMILES string of the molecule is O=S(=O)(c1ccc(Cl)cc1)N(Cc1cccnc1)Cc1ccccc1OCCCN1CCCCC1. The molecule has 0 aliphatic carbocycles. The molecule has 0 bridgehead atoms. The molecule has 0 spiro atoms. The zero-order valence-electron chi connectivity index (χ0n) is 19.9. The van der Waals surface area contributed by atoms with Gasteiger partial charge in [-0.25, -0.2) is 8.42 Å². The number of nitrogens with zero attached hydrogens (tertiary/aromatic N) is 3. The Morgan fingerprint density at radius 2 is 1.71 bits per heavy atom. The van der Waals surface area contributed by atoms with E-state index < -0.39 is 10.0 Å². The molecule has 35 heavy (non-hydrogen) atoms. The van der Waals surface area contributed by atoms with Crippen molar-refractivity contribution in [2.75, 3.05) is 26.2 Å². The molecule has 1 aliphatic heterocycles. The van der Waals surface area contributed by atoms with E-state index in [0.717, 1.165) is 24.1 Å². The summed E-state index contributed by atoms with van der Waals surface area (Å²) in [5.41, 5.74) is 1.64. The van der Waals surface area contributed by atoms with Gasteiger partial charge in [0.25, 0.3) is 0 Å². The van der Waals surface area contributed by atoms with Gasteiger partial charge in [0.1, 0.15) is 5.75 Å². The molecule has 8 heteroatoms. The molecule has 0 atom stereocenters. The van der Waals surface area contributed by atoms with Crippen LogP contribution in [0.15, 0.2) is 78.0 Å². The molecule has 4 rings (SSSR count). The van der Waals surface area contributed by atoms with E-state index in [4.69, 9.17) is 16.3 Å². The minimum absolute atomic E-state index is 0.183. The van der Waals surface area contributed by atoms with Crippen LogP contribution in [0.1, 0.15) is 36.8 Å². The number of piperidine rings is 1. The third kappa shape index (κ3) is 7.27. The Hall–Kier alpha value is -2.45. The first-order valence-electron chi connectivity index (χ1n) is 12.1. The zero-order chi connectivity index (χ0) is 24.5. The number of rotatable bonds is 11. The highest BCUT2D eigenvalue weighted by Gasteiger charge is 2.26. The second-order valence-corrected chi connectivity index (χ2v) is 11.2. The molecule has 0 amide bonds. The number of aromatic nitrogens is 1. The first-order chi connectivity index (χ1) is 17.0. The van der Waals surface area contributed by atoms with E-state index in [2.05, 4.69) is 9.88 Å². The molecule has 3 aromatic rings. The van der Waals surface area contributed by atoms with Crippen LogP contribution in [0.3, 0.4) is 0 Å². The van der Waals surface area contributed by atoms with Gasteiger partial charge >= 0.3 is 0 Å². The van der Waals surface area contributed by atoms with Crippen molar-refractivity contribution in [3.63, 3.8) is 0 Å². The fourth-order valence-electron chi connectivity index (χ4n) is 4.30. The summed E-state index contributed by atoms with van der Waals surface area (Å²) in [6.07, 6.45) is 8.19. The Bertz CT molecular complexity index is 1170. The molecule has 0 saturated carbocycles. The number of ether oxygens (including phenoxy) is 1. The number of halogens is 1. The predicted molar refractivity (Wildman–Crippen MR) is 139 cm³/mol. The molecule has 0 N–H and O–H groups in total. The smallest absolute Gasteiger partial charge is 0.243 e. The maximum Gasteiger partial charge on any atom is 0.243 e. The number of hydrogen-bond acceptors (Lipinski definition) is 5. The number of likely N-dealkylation sites (tertiary alicyclic amines) is 1. The van der Waals surface area contributed by atoms with Crippen LogP contribution in [0.5, 0.6) is 5.75 Å². The van der Waals surface area contributed by atoms with Crippen LogP contribution in [-0.4, -0.2) is 48.8 Å². The fraction of sp³-hybridized carbons (Fsp3) is 0.370. The van der Waals surface area contributed by atoms with Gasteiger partial charge in [-0.05, 0) is 74.3 Å². The highest BCUT2D eigenvalue weighted by atomic mass is 35.5. The van der Waals surface area contributed by atoms with Crippen LogP contribution in [0.25, 0.3) is 0 Å². The first-order valence-corrected chi connectivity index (χ1v) is 13.9. The number of sulfonamides is 1. The van der Waals surface area contributed by atoms with Gasteiger partial charge in [-0.1, -0.05) is 42.3 Å². The molecule has 2 heterocycles. The van der Waals surface area contributed by atoms with Crippen LogP contribution < -0.4 is 4.74 Å². The monoisotopic (exact) mass is 513 g/mol. The van der Waals surface area contributed by atoms with Crippen molar-refractivity contribution in [2.24, 2.45) is 0 Å². The van der Waals surface area contributed by atoms with Gasteiger partial charge in [0, 0.05) is 42.6 Å². The minimum Gasteiger partial charge on any atom is -0.493 e. The molecule has 1 aliphatic rings. The van der Waals surface area contributed by atoms with Crippen molar-refractivity contribution in [1.29, 1.82) is 0 Å². The Morgan fingerprint density at radius 3 is 2.46 bits per heavy atom. The van der Waals surface area contributed by atoms with E-state index in [-0.39, 0.29) is 18.0 Å². The highest BCUT2D eigenvalue weighted by molar-refractivity contribution is 7.89. The van der Waals surface area contributed by atoms with Gasteiger partial charge in [-0.15, -0.1) is 0 Å². The maximum absolute atomic E-state index is 13.6. The van der Waals surface area contributed by atoms with E-state index in [1.807, 2.05) is 36.4 Å². The summed E-state index contributed by atoms with van der Waals surface area (Å²) in [7, 11) is -3.79. The van der Waals surface area contributed by atoms with Gasteiger partial charge in [0.2, 0.25) is 10.0 Å². The van der Waals surface area contributed by atoms with Crippen LogP contribution in [-0.2, 0) is 23.1 Å². The summed E-state index contributed by atoms with van der Waals surface area (Å²) in [4.78, 5) is 6.84. The molecular formula is C27H32ClN3O3S. The van der Waals surface area contributed by atoms with Gasteiger partial charge in [-0.2, -0.15) is 4.31 Å².